The third-order valence-corrected chi connectivity index (χ3v) is 0.394. The second kappa shape index (κ2) is 12.1. The normalized spacial score (nSPS) is 6.44. The van der Waals surface area contributed by atoms with Crippen molar-refractivity contribution in [3.8, 4) is 0 Å². The predicted octanol–water partition coefficient (Wildman–Crippen LogP) is -6.72. The van der Waals surface area contributed by atoms with Crippen molar-refractivity contribution in [3.63, 3.8) is 0 Å². The summed E-state index contributed by atoms with van der Waals surface area (Å²) in [5.74, 6) is 3.86. The van der Waals surface area contributed by atoms with E-state index in [1.807, 2.05) is 0 Å². The molecule has 0 aromatic carbocycles. The molecule has 0 saturated carbocycles. The maximum Gasteiger partial charge on any atom is 1.00 e. The van der Waals surface area contributed by atoms with Gasteiger partial charge in [-0.3, -0.25) is 0 Å². The molecule has 0 amide bonds. The van der Waals surface area contributed by atoms with Gasteiger partial charge in [-0.1, -0.05) is 0 Å². The van der Waals surface area contributed by atoms with Crippen LogP contribution in [0.5, 0.6) is 0 Å². The topological polar surface area (TPSA) is 61.5 Å². The SMILES string of the molecule is COCC(=O)ON.[H-].[H-].[Na+].[Na+]. The Morgan fingerprint density at radius 1 is 1.67 bits per heavy atom. The minimum Gasteiger partial charge on any atom is -1.00 e. The molecule has 0 aliphatic heterocycles. The molecule has 0 fully saturated rings. The molecule has 0 rings (SSSR count). The molecule has 2 N–H and O–H groups in total. The Morgan fingerprint density at radius 2 is 2.11 bits per heavy atom. The molecule has 0 heterocycles. The first-order valence-corrected chi connectivity index (χ1v) is 1.69. The third-order valence-electron chi connectivity index (χ3n) is 0.394. The van der Waals surface area contributed by atoms with Crippen molar-refractivity contribution in [2.24, 2.45) is 5.90 Å². The number of carbonyl (C=O) groups excluding carboxylic acids is 1. The summed E-state index contributed by atoms with van der Waals surface area (Å²) < 4.78 is 4.34. The van der Waals surface area contributed by atoms with Gasteiger partial charge in [-0.2, -0.15) is 5.90 Å². The van der Waals surface area contributed by atoms with Crippen LogP contribution in [0.2, 0.25) is 0 Å². The van der Waals surface area contributed by atoms with Crippen LogP contribution in [0.25, 0.3) is 0 Å². The second-order valence-corrected chi connectivity index (χ2v) is 0.923. The van der Waals surface area contributed by atoms with Crippen molar-refractivity contribution >= 4 is 5.97 Å². The van der Waals surface area contributed by atoms with Gasteiger partial charge in [0.05, 0.1) is 0 Å². The summed E-state index contributed by atoms with van der Waals surface area (Å²) in [6, 6.07) is 0. The Labute approximate surface area is 101 Å². The molecule has 0 aliphatic rings. The Kier molecular flexibility index (Phi) is 22.6. The van der Waals surface area contributed by atoms with Crippen molar-refractivity contribution in [3.05, 3.63) is 0 Å². The summed E-state index contributed by atoms with van der Waals surface area (Å²) in [5.41, 5.74) is 0. The summed E-state index contributed by atoms with van der Waals surface area (Å²) in [4.78, 5) is 13.7. The van der Waals surface area contributed by atoms with Crippen molar-refractivity contribution in [1.82, 2.24) is 0 Å². The van der Waals surface area contributed by atoms with E-state index in [2.05, 4.69) is 15.5 Å². The van der Waals surface area contributed by atoms with Crippen LogP contribution in [0, 0.1) is 0 Å². The fraction of sp³-hybridized carbons (Fsp3) is 0.667. The molecular formula is C3H9NNa2O3. The first-order chi connectivity index (χ1) is 3.31. The number of hydrogen-bond acceptors (Lipinski definition) is 4. The molecule has 4 nitrogen and oxygen atoms in total. The van der Waals surface area contributed by atoms with E-state index in [1.54, 1.807) is 0 Å². The molecule has 0 spiro atoms. The zero-order chi connectivity index (χ0) is 5.70. The van der Waals surface area contributed by atoms with Gasteiger partial charge in [-0.15, -0.1) is 0 Å². The average molecular weight is 153 g/mol. The number of nitrogens with two attached hydrogens (primary N) is 1. The molecule has 46 valence electrons. The van der Waals surface area contributed by atoms with Crippen LogP contribution in [0.15, 0.2) is 0 Å². The van der Waals surface area contributed by atoms with Gasteiger partial charge >= 0.3 is 65.1 Å². The van der Waals surface area contributed by atoms with Crippen molar-refractivity contribution in [2.75, 3.05) is 13.7 Å². The van der Waals surface area contributed by atoms with E-state index in [0.29, 0.717) is 0 Å². The van der Waals surface area contributed by atoms with Gasteiger partial charge in [-0.25, -0.2) is 4.79 Å². The third kappa shape index (κ3) is 12.6. The van der Waals surface area contributed by atoms with Crippen LogP contribution < -0.4 is 65.0 Å². The molecule has 0 bridgehead atoms. The minimum atomic E-state index is -0.567. The molecule has 0 aromatic rings. The quantitative estimate of drug-likeness (QED) is 0.316. The first-order valence-electron chi connectivity index (χ1n) is 1.69. The zero-order valence-corrected chi connectivity index (χ0v) is 10.0. The number of ether oxygens (including phenoxy) is 1. The van der Waals surface area contributed by atoms with E-state index in [9.17, 15) is 4.79 Å². The van der Waals surface area contributed by atoms with Crippen molar-refractivity contribution in [1.29, 1.82) is 0 Å². The second-order valence-electron chi connectivity index (χ2n) is 0.923. The Balaban J connectivity index is -0.0000000300. The number of rotatable bonds is 2. The molecule has 0 aromatic heterocycles. The monoisotopic (exact) mass is 153 g/mol. The molecule has 9 heavy (non-hydrogen) atoms. The Morgan fingerprint density at radius 3 is 2.22 bits per heavy atom. The fourth-order valence-corrected chi connectivity index (χ4v) is 0.152. The van der Waals surface area contributed by atoms with Gasteiger partial charge in [0.25, 0.3) is 0 Å². The van der Waals surface area contributed by atoms with Gasteiger partial charge in [0.2, 0.25) is 0 Å². The van der Waals surface area contributed by atoms with Crippen LogP contribution in [-0.2, 0) is 14.4 Å². The maximum atomic E-state index is 9.94. The standard InChI is InChI=1S/C3H7NO3.2Na.2H/c1-6-2-3(5)7-4;;;;/h2,4H2,1H3;;;;/q;2*+1;2*-1. The molecule has 0 aliphatic carbocycles. The molecule has 0 unspecified atom stereocenters. The summed E-state index contributed by atoms with van der Waals surface area (Å²) in [5, 5.41) is 0. The molecule has 6 heteroatoms. The number of carbonyl (C=O) groups is 1. The summed E-state index contributed by atoms with van der Waals surface area (Å²) in [6.45, 7) is -0.0868. The summed E-state index contributed by atoms with van der Waals surface area (Å²) in [6.07, 6.45) is 0. The predicted molar refractivity (Wildman–Crippen MR) is 24.4 cm³/mol. The maximum absolute atomic E-state index is 9.94. The largest absolute Gasteiger partial charge is 1.00 e. The van der Waals surface area contributed by atoms with Crippen LogP contribution in [0.4, 0.5) is 0 Å². The molecule has 0 atom stereocenters. The zero-order valence-electron chi connectivity index (χ0n) is 8.01. The van der Waals surface area contributed by atoms with Crippen LogP contribution in [-0.4, -0.2) is 19.7 Å². The molecular weight excluding hydrogens is 144 g/mol. The Hall–Kier alpha value is 1.39. The smallest absolute Gasteiger partial charge is 1.00 e. The number of hydrogen-bond donors (Lipinski definition) is 1. The minimum absolute atomic E-state index is 0. The first kappa shape index (κ1) is 16.8. The van der Waals surface area contributed by atoms with Gasteiger partial charge in [0.15, 0.2) is 0 Å². The van der Waals surface area contributed by atoms with Gasteiger partial charge < -0.3 is 12.4 Å². The van der Waals surface area contributed by atoms with E-state index in [4.69, 9.17) is 0 Å². The molecule has 0 saturated heterocycles. The summed E-state index contributed by atoms with van der Waals surface area (Å²) in [7, 11) is 1.39. The van der Waals surface area contributed by atoms with E-state index >= 15 is 0 Å². The van der Waals surface area contributed by atoms with E-state index in [0.717, 1.165) is 0 Å². The van der Waals surface area contributed by atoms with Gasteiger partial charge in [-0.05, 0) is 0 Å². The average Bonchev–Trinajstić information content (AvgIpc) is 1.68. The van der Waals surface area contributed by atoms with Gasteiger partial charge in [0.1, 0.15) is 6.61 Å². The van der Waals surface area contributed by atoms with Crippen LogP contribution >= 0.6 is 0 Å². The van der Waals surface area contributed by atoms with E-state index in [1.165, 1.54) is 7.11 Å². The van der Waals surface area contributed by atoms with E-state index in [-0.39, 0.29) is 68.6 Å². The van der Waals surface area contributed by atoms with Gasteiger partial charge in [0, 0.05) is 7.11 Å². The summed E-state index contributed by atoms with van der Waals surface area (Å²) >= 11 is 0. The Bertz CT molecular complexity index is 77.6. The fourth-order valence-electron chi connectivity index (χ4n) is 0.152. The van der Waals surface area contributed by atoms with Crippen molar-refractivity contribution < 1.29 is 76.3 Å². The number of methoxy groups -OCH3 is 1. The van der Waals surface area contributed by atoms with Crippen molar-refractivity contribution in [2.45, 2.75) is 0 Å². The van der Waals surface area contributed by atoms with Crippen LogP contribution in [0.1, 0.15) is 2.85 Å². The molecule has 0 radical (unpaired) electrons. The van der Waals surface area contributed by atoms with Crippen LogP contribution in [0.3, 0.4) is 0 Å². The van der Waals surface area contributed by atoms with E-state index < -0.39 is 5.97 Å².